The maximum absolute atomic E-state index is 12.8. The zero-order chi connectivity index (χ0) is 10.1. The monoisotopic (exact) mass is 196 g/mol. The lowest BCUT2D eigenvalue weighted by Crippen LogP contribution is -2.04. The lowest BCUT2D eigenvalue weighted by Gasteiger charge is -2.07. The Hall–Kier alpha value is -1.58. The Morgan fingerprint density at radius 3 is 2.79 bits per heavy atom. The molecule has 0 aromatic heterocycles. The van der Waals surface area contributed by atoms with Crippen molar-refractivity contribution in [1.82, 2.24) is 0 Å². The summed E-state index contributed by atoms with van der Waals surface area (Å²) in [5, 5.41) is 8.79. The number of carboxylic acid groups (broad SMARTS) is 1. The molecule has 1 aliphatic carbocycles. The Morgan fingerprint density at radius 1 is 1.50 bits per heavy atom. The van der Waals surface area contributed by atoms with Crippen molar-refractivity contribution in [2.75, 3.05) is 0 Å². The molecule has 1 N–H and O–H groups in total. The van der Waals surface area contributed by atoms with Gasteiger partial charge in [-0.05, 0) is 25.0 Å². The Labute approximate surface area is 80.1 Å². The number of aromatic carboxylic acids is 1. The largest absolute Gasteiger partial charge is 0.489 e. The maximum Gasteiger partial charge on any atom is 0.339 e. The summed E-state index contributed by atoms with van der Waals surface area (Å²) in [6.45, 7) is 0. The molecule has 1 saturated carbocycles. The van der Waals surface area contributed by atoms with E-state index in [1.807, 2.05) is 0 Å². The fraction of sp³-hybridized carbons (Fsp3) is 0.300. The molecule has 74 valence electrons. The van der Waals surface area contributed by atoms with Crippen molar-refractivity contribution in [2.45, 2.75) is 18.9 Å². The van der Waals surface area contributed by atoms with E-state index in [0.717, 1.165) is 25.0 Å². The van der Waals surface area contributed by atoms with Crippen molar-refractivity contribution in [3.8, 4) is 5.75 Å². The van der Waals surface area contributed by atoms with Gasteiger partial charge in [0.05, 0.1) is 6.10 Å². The molecular formula is C10H9FO3. The first-order valence-corrected chi connectivity index (χ1v) is 4.36. The highest BCUT2D eigenvalue weighted by Gasteiger charge is 2.25. The molecule has 14 heavy (non-hydrogen) atoms. The van der Waals surface area contributed by atoms with Crippen molar-refractivity contribution in [1.29, 1.82) is 0 Å². The molecular weight excluding hydrogens is 187 g/mol. The standard InChI is InChI=1S/C10H9FO3/c11-6-1-4-8(10(12)13)9(5-6)14-7-2-3-7/h1,4-5,7H,2-3H2,(H,12,13). The first-order valence-electron chi connectivity index (χ1n) is 4.36. The first-order chi connectivity index (χ1) is 6.66. The molecule has 0 atom stereocenters. The van der Waals surface area contributed by atoms with Crippen molar-refractivity contribution in [3.05, 3.63) is 29.6 Å². The lowest BCUT2D eigenvalue weighted by atomic mass is 10.2. The van der Waals surface area contributed by atoms with Gasteiger partial charge in [0.2, 0.25) is 0 Å². The van der Waals surface area contributed by atoms with Crippen LogP contribution >= 0.6 is 0 Å². The molecule has 0 saturated heterocycles. The number of carbonyl (C=O) groups is 1. The molecule has 0 spiro atoms. The number of hydrogen-bond donors (Lipinski definition) is 1. The van der Waals surface area contributed by atoms with E-state index in [2.05, 4.69) is 0 Å². The van der Waals surface area contributed by atoms with Crippen molar-refractivity contribution in [3.63, 3.8) is 0 Å². The van der Waals surface area contributed by atoms with Crippen molar-refractivity contribution >= 4 is 5.97 Å². The summed E-state index contributed by atoms with van der Waals surface area (Å²) in [5.74, 6) is -1.45. The SMILES string of the molecule is O=C(O)c1ccc(F)cc1OC1CC1. The first kappa shape index (κ1) is 8.99. The van der Waals surface area contributed by atoms with Crippen LogP contribution in [0.4, 0.5) is 4.39 Å². The Morgan fingerprint density at radius 2 is 2.21 bits per heavy atom. The number of halogens is 1. The predicted molar refractivity (Wildman–Crippen MR) is 47.0 cm³/mol. The normalized spacial score (nSPS) is 15.2. The summed E-state index contributed by atoms with van der Waals surface area (Å²) in [4.78, 5) is 10.7. The van der Waals surface area contributed by atoms with Crippen LogP contribution in [0, 0.1) is 5.82 Å². The lowest BCUT2D eigenvalue weighted by molar-refractivity contribution is 0.0692. The molecule has 0 aliphatic heterocycles. The minimum absolute atomic E-state index is 0.0123. The molecule has 1 fully saturated rings. The number of benzene rings is 1. The van der Waals surface area contributed by atoms with Gasteiger partial charge in [-0.3, -0.25) is 0 Å². The summed E-state index contributed by atoms with van der Waals surface area (Å²) in [6, 6.07) is 3.44. The topological polar surface area (TPSA) is 46.5 Å². The summed E-state index contributed by atoms with van der Waals surface area (Å²) in [7, 11) is 0. The average Bonchev–Trinajstić information content (AvgIpc) is 2.87. The van der Waals surface area contributed by atoms with Crippen LogP contribution in [0.15, 0.2) is 18.2 Å². The second kappa shape index (κ2) is 3.29. The number of carboxylic acids is 1. The zero-order valence-corrected chi connectivity index (χ0v) is 7.37. The minimum Gasteiger partial charge on any atom is -0.489 e. The fourth-order valence-corrected chi connectivity index (χ4v) is 1.14. The quantitative estimate of drug-likeness (QED) is 0.804. The van der Waals surface area contributed by atoms with Crippen LogP contribution in [-0.2, 0) is 0 Å². The summed E-state index contributed by atoms with van der Waals surface area (Å²) < 4.78 is 18.1. The van der Waals surface area contributed by atoms with Crippen LogP contribution in [0.5, 0.6) is 5.75 Å². The molecule has 4 heteroatoms. The van der Waals surface area contributed by atoms with Crippen LogP contribution in [-0.4, -0.2) is 17.2 Å². The molecule has 0 radical (unpaired) electrons. The maximum atomic E-state index is 12.8. The Kier molecular flexibility index (Phi) is 2.11. The molecule has 0 bridgehead atoms. The van der Waals surface area contributed by atoms with E-state index in [-0.39, 0.29) is 17.4 Å². The minimum atomic E-state index is -1.10. The van der Waals surface area contributed by atoms with Gasteiger partial charge in [-0.1, -0.05) is 0 Å². The van der Waals surface area contributed by atoms with Crippen LogP contribution in [0.2, 0.25) is 0 Å². The summed E-state index contributed by atoms with van der Waals surface area (Å²) in [5.41, 5.74) is 0.0123. The third kappa shape index (κ3) is 1.84. The van der Waals surface area contributed by atoms with Crippen LogP contribution in [0.25, 0.3) is 0 Å². The molecule has 1 aromatic rings. The van der Waals surface area contributed by atoms with Gasteiger partial charge in [0.15, 0.2) is 0 Å². The van der Waals surface area contributed by atoms with E-state index in [4.69, 9.17) is 9.84 Å². The average molecular weight is 196 g/mol. The highest BCUT2D eigenvalue weighted by molar-refractivity contribution is 5.90. The third-order valence-electron chi connectivity index (χ3n) is 1.99. The highest BCUT2D eigenvalue weighted by atomic mass is 19.1. The molecule has 0 amide bonds. The van der Waals surface area contributed by atoms with E-state index >= 15 is 0 Å². The second-order valence-electron chi connectivity index (χ2n) is 3.26. The number of hydrogen-bond acceptors (Lipinski definition) is 2. The van der Waals surface area contributed by atoms with Gasteiger partial charge in [-0.2, -0.15) is 0 Å². The molecule has 1 aromatic carbocycles. The predicted octanol–water partition coefficient (Wildman–Crippen LogP) is 2.07. The Balaban J connectivity index is 2.31. The van der Waals surface area contributed by atoms with E-state index in [0.29, 0.717) is 0 Å². The zero-order valence-electron chi connectivity index (χ0n) is 7.37. The smallest absolute Gasteiger partial charge is 0.339 e. The summed E-state index contributed by atoms with van der Waals surface area (Å²) >= 11 is 0. The number of ether oxygens (including phenoxy) is 1. The van der Waals surface area contributed by atoms with Gasteiger partial charge in [0.25, 0.3) is 0 Å². The van der Waals surface area contributed by atoms with E-state index < -0.39 is 11.8 Å². The van der Waals surface area contributed by atoms with Gasteiger partial charge >= 0.3 is 5.97 Å². The van der Waals surface area contributed by atoms with E-state index in [1.165, 1.54) is 6.07 Å². The third-order valence-corrected chi connectivity index (χ3v) is 1.99. The molecule has 1 aliphatic rings. The van der Waals surface area contributed by atoms with Crippen LogP contribution in [0.1, 0.15) is 23.2 Å². The van der Waals surface area contributed by atoms with Gasteiger partial charge in [-0.15, -0.1) is 0 Å². The summed E-state index contributed by atoms with van der Waals surface area (Å²) in [6.07, 6.45) is 1.89. The number of rotatable bonds is 3. The molecule has 3 nitrogen and oxygen atoms in total. The molecule has 0 unspecified atom stereocenters. The van der Waals surface area contributed by atoms with Gasteiger partial charge in [0, 0.05) is 6.07 Å². The van der Waals surface area contributed by atoms with Gasteiger partial charge in [-0.25, -0.2) is 9.18 Å². The van der Waals surface area contributed by atoms with Crippen LogP contribution < -0.4 is 4.74 Å². The Bertz CT molecular complexity index is 372. The molecule has 2 rings (SSSR count). The highest BCUT2D eigenvalue weighted by Crippen LogP contribution is 2.29. The van der Waals surface area contributed by atoms with Crippen molar-refractivity contribution in [2.24, 2.45) is 0 Å². The second-order valence-corrected chi connectivity index (χ2v) is 3.26. The van der Waals surface area contributed by atoms with Gasteiger partial charge < -0.3 is 9.84 Å². The van der Waals surface area contributed by atoms with E-state index in [1.54, 1.807) is 0 Å². The van der Waals surface area contributed by atoms with Gasteiger partial charge in [0.1, 0.15) is 17.1 Å². The van der Waals surface area contributed by atoms with E-state index in [9.17, 15) is 9.18 Å². The fourth-order valence-electron chi connectivity index (χ4n) is 1.14. The molecule has 0 heterocycles. The van der Waals surface area contributed by atoms with Crippen molar-refractivity contribution < 1.29 is 19.0 Å². The van der Waals surface area contributed by atoms with Crippen LogP contribution in [0.3, 0.4) is 0 Å².